The summed E-state index contributed by atoms with van der Waals surface area (Å²) in [5.74, 6) is 0.559. The Hall–Kier alpha value is -0.530. The zero-order chi connectivity index (χ0) is 8.39. The lowest BCUT2D eigenvalue weighted by Gasteiger charge is -2.07. The molecule has 0 radical (unpaired) electrons. The van der Waals surface area contributed by atoms with E-state index in [-0.39, 0.29) is 0 Å². The average Bonchev–Trinajstić information content (AvgIpc) is 2.56. The van der Waals surface area contributed by atoms with Gasteiger partial charge in [-0.3, -0.25) is 0 Å². The number of benzene rings is 1. The summed E-state index contributed by atoms with van der Waals surface area (Å²) in [6.45, 7) is 1.73. The Morgan fingerprint density at radius 3 is 3.00 bits per heavy atom. The number of hydrogen-bond acceptors (Lipinski definition) is 1. The van der Waals surface area contributed by atoms with Crippen LogP contribution in [0.4, 0.5) is 0 Å². The highest BCUT2D eigenvalue weighted by Gasteiger charge is 2.17. The van der Waals surface area contributed by atoms with Crippen molar-refractivity contribution >= 4 is 11.6 Å². The summed E-state index contributed by atoms with van der Waals surface area (Å²) in [7, 11) is 0. The molecule has 1 heterocycles. The second kappa shape index (κ2) is 3.46. The molecular weight excluding hydrogens is 172 g/mol. The van der Waals surface area contributed by atoms with Crippen LogP contribution in [-0.4, -0.2) is 13.2 Å². The minimum Gasteiger partial charge on any atom is -0.381 e. The molecule has 0 aromatic heterocycles. The van der Waals surface area contributed by atoms with E-state index < -0.39 is 0 Å². The van der Waals surface area contributed by atoms with Crippen molar-refractivity contribution in [2.75, 3.05) is 13.2 Å². The quantitative estimate of drug-likeness (QED) is 0.649. The fraction of sp³-hybridized carbons (Fsp3) is 0.400. The van der Waals surface area contributed by atoms with Gasteiger partial charge < -0.3 is 4.74 Å². The molecule has 1 unspecified atom stereocenters. The van der Waals surface area contributed by atoms with Gasteiger partial charge >= 0.3 is 0 Å². The fourth-order valence-electron chi connectivity index (χ4n) is 1.56. The lowest BCUT2D eigenvalue weighted by molar-refractivity contribution is 0.194. The highest BCUT2D eigenvalue weighted by Crippen LogP contribution is 2.26. The zero-order valence-corrected chi connectivity index (χ0v) is 7.55. The zero-order valence-electron chi connectivity index (χ0n) is 6.79. The predicted octanol–water partition coefficient (Wildman–Crippen LogP) is 2.84. The van der Waals surface area contributed by atoms with E-state index in [2.05, 4.69) is 6.07 Å². The number of ether oxygens (including phenoxy) is 1. The van der Waals surface area contributed by atoms with Crippen molar-refractivity contribution in [1.82, 2.24) is 0 Å². The molecule has 12 heavy (non-hydrogen) atoms. The molecule has 1 saturated heterocycles. The Labute approximate surface area is 77.3 Å². The van der Waals surface area contributed by atoms with Crippen LogP contribution in [0.15, 0.2) is 24.3 Å². The van der Waals surface area contributed by atoms with Crippen LogP contribution in [0, 0.1) is 0 Å². The van der Waals surface area contributed by atoms with Gasteiger partial charge in [0.1, 0.15) is 0 Å². The SMILES string of the molecule is Clc1cccc(C2CCOC2)c1. The lowest BCUT2D eigenvalue weighted by Crippen LogP contribution is -1.96. The van der Waals surface area contributed by atoms with Crippen LogP contribution < -0.4 is 0 Å². The van der Waals surface area contributed by atoms with Crippen molar-refractivity contribution in [3.8, 4) is 0 Å². The van der Waals surface area contributed by atoms with Crippen molar-refractivity contribution in [1.29, 1.82) is 0 Å². The molecule has 2 heteroatoms. The van der Waals surface area contributed by atoms with E-state index in [0.717, 1.165) is 24.7 Å². The second-order valence-corrected chi connectivity index (χ2v) is 3.55. The van der Waals surface area contributed by atoms with Crippen LogP contribution in [0.2, 0.25) is 5.02 Å². The van der Waals surface area contributed by atoms with Gasteiger partial charge in [0.05, 0.1) is 6.61 Å². The van der Waals surface area contributed by atoms with Crippen LogP contribution in [0.5, 0.6) is 0 Å². The summed E-state index contributed by atoms with van der Waals surface area (Å²) in [5, 5.41) is 0.819. The first-order chi connectivity index (χ1) is 5.86. The van der Waals surface area contributed by atoms with Gasteiger partial charge in [-0.05, 0) is 24.1 Å². The van der Waals surface area contributed by atoms with E-state index in [1.165, 1.54) is 5.56 Å². The third kappa shape index (κ3) is 1.62. The summed E-state index contributed by atoms with van der Waals surface area (Å²) in [6.07, 6.45) is 1.13. The van der Waals surface area contributed by atoms with Crippen LogP contribution in [-0.2, 0) is 4.74 Å². The highest BCUT2D eigenvalue weighted by atomic mass is 35.5. The standard InChI is InChI=1S/C10H11ClO/c11-10-3-1-2-8(6-10)9-4-5-12-7-9/h1-3,6,9H,4-5,7H2. The molecular formula is C10H11ClO. The number of hydrogen-bond donors (Lipinski definition) is 0. The Balaban J connectivity index is 2.21. The van der Waals surface area contributed by atoms with Gasteiger partial charge in [0.15, 0.2) is 0 Å². The Morgan fingerprint density at radius 1 is 1.42 bits per heavy atom. The minimum atomic E-state index is 0.559. The second-order valence-electron chi connectivity index (χ2n) is 3.12. The maximum Gasteiger partial charge on any atom is 0.0535 e. The molecule has 0 bridgehead atoms. The van der Waals surface area contributed by atoms with Crippen molar-refractivity contribution in [3.63, 3.8) is 0 Å². The molecule has 64 valence electrons. The fourth-order valence-corrected chi connectivity index (χ4v) is 1.76. The predicted molar refractivity (Wildman–Crippen MR) is 49.6 cm³/mol. The van der Waals surface area contributed by atoms with Gasteiger partial charge in [0.2, 0.25) is 0 Å². The van der Waals surface area contributed by atoms with E-state index in [1.807, 2.05) is 18.2 Å². The average molecular weight is 183 g/mol. The first-order valence-corrected chi connectivity index (χ1v) is 4.57. The van der Waals surface area contributed by atoms with Crippen molar-refractivity contribution in [2.24, 2.45) is 0 Å². The maximum atomic E-state index is 5.88. The normalized spacial score (nSPS) is 22.9. The molecule has 1 fully saturated rings. The highest BCUT2D eigenvalue weighted by molar-refractivity contribution is 6.30. The lowest BCUT2D eigenvalue weighted by atomic mass is 9.99. The Kier molecular flexibility index (Phi) is 2.33. The van der Waals surface area contributed by atoms with Crippen LogP contribution in [0.25, 0.3) is 0 Å². The third-order valence-electron chi connectivity index (χ3n) is 2.25. The summed E-state index contributed by atoms with van der Waals surface area (Å²) >= 11 is 5.88. The number of halogens is 1. The molecule has 0 spiro atoms. The molecule has 1 aromatic rings. The van der Waals surface area contributed by atoms with Crippen LogP contribution in [0.3, 0.4) is 0 Å². The molecule has 0 amide bonds. The minimum absolute atomic E-state index is 0.559. The summed E-state index contributed by atoms with van der Waals surface area (Å²) in [4.78, 5) is 0. The molecule has 1 aliphatic rings. The van der Waals surface area contributed by atoms with Crippen LogP contribution in [0.1, 0.15) is 17.9 Å². The van der Waals surface area contributed by atoms with Crippen molar-refractivity contribution < 1.29 is 4.74 Å². The van der Waals surface area contributed by atoms with E-state index in [1.54, 1.807) is 0 Å². The largest absolute Gasteiger partial charge is 0.381 e. The Morgan fingerprint density at radius 2 is 2.33 bits per heavy atom. The maximum absolute atomic E-state index is 5.88. The molecule has 1 atom stereocenters. The molecule has 0 saturated carbocycles. The van der Waals surface area contributed by atoms with E-state index in [4.69, 9.17) is 16.3 Å². The molecule has 1 aliphatic heterocycles. The first-order valence-electron chi connectivity index (χ1n) is 4.19. The summed E-state index contributed by atoms with van der Waals surface area (Å²) < 4.78 is 5.31. The van der Waals surface area contributed by atoms with Gasteiger partial charge in [-0.1, -0.05) is 23.7 Å². The summed E-state index contributed by atoms with van der Waals surface area (Å²) in [5.41, 5.74) is 1.31. The smallest absolute Gasteiger partial charge is 0.0535 e. The molecule has 2 rings (SSSR count). The molecule has 1 nitrogen and oxygen atoms in total. The van der Waals surface area contributed by atoms with E-state index in [0.29, 0.717) is 5.92 Å². The molecule has 0 aliphatic carbocycles. The van der Waals surface area contributed by atoms with Gasteiger partial charge in [0.25, 0.3) is 0 Å². The van der Waals surface area contributed by atoms with Crippen molar-refractivity contribution in [2.45, 2.75) is 12.3 Å². The monoisotopic (exact) mass is 182 g/mol. The van der Waals surface area contributed by atoms with E-state index >= 15 is 0 Å². The number of rotatable bonds is 1. The third-order valence-corrected chi connectivity index (χ3v) is 2.48. The molecule has 0 N–H and O–H groups in total. The molecule has 1 aromatic carbocycles. The summed E-state index contributed by atoms with van der Waals surface area (Å²) in [6, 6.07) is 8.04. The van der Waals surface area contributed by atoms with E-state index in [9.17, 15) is 0 Å². The van der Waals surface area contributed by atoms with Gasteiger partial charge in [-0.2, -0.15) is 0 Å². The first kappa shape index (κ1) is 8.09. The van der Waals surface area contributed by atoms with Crippen LogP contribution >= 0.6 is 11.6 Å². The van der Waals surface area contributed by atoms with Gasteiger partial charge in [0, 0.05) is 17.5 Å². The topological polar surface area (TPSA) is 9.23 Å². The van der Waals surface area contributed by atoms with Gasteiger partial charge in [-0.25, -0.2) is 0 Å². The van der Waals surface area contributed by atoms with Crippen molar-refractivity contribution in [3.05, 3.63) is 34.9 Å². The Bertz CT molecular complexity index is 266. The van der Waals surface area contributed by atoms with Gasteiger partial charge in [-0.15, -0.1) is 0 Å².